The zero-order valence-electron chi connectivity index (χ0n) is 10.2. The molecule has 0 aliphatic heterocycles. The molecule has 0 aliphatic rings. The molecule has 1 atom stereocenters. The van der Waals surface area contributed by atoms with Gasteiger partial charge in [-0.25, -0.2) is 4.39 Å². The fraction of sp³-hybridized carbons (Fsp3) is 0.308. The summed E-state index contributed by atoms with van der Waals surface area (Å²) in [6, 6.07) is 3.49. The van der Waals surface area contributed by atoms with Crippen LogP contribution in [0.2, 0.25) is 0 Å². The number of hydrogen-bond donors (Lipinski definition) is 2. The van der Waals surface area contributed by atoms with E-state index in [1.54, 1.807) is 22.9 Å². The van der Waals surface area contributed by atoms with Crippen LogP contribution in [0.1, 0.15) is 31.5 Å². The van der Waals surface area contributed by atoms with Crippen LogP contribution in [0.3, 0.4) is 0 Å². The molecule has 0 bridgehead atoms. The smallest absolute Gasteiger partial charge is 0.325 e. The molecule has 0 aliphatic carbocycles. The van der Waals surface area contributed by atoms with Gasteiger partial charge >= 0.3 is 5.97 Å². The number of benzene rings is 1. The molecule has 2 aromatic rings. The Balaban J connectivity index is 2.77. The summed E-state index contributed by atoms with van der Waals surface area (Å²) in [4.78, 5) is 11.0. The zero-order valence-corrected chi connectivity index (χ0v) is 10.2. The Kier molecular flexibility index (Phi) is 3.09. The molecule has 1 heterocycles. The van der Waals surface area contributed by atoms with Crippen molar-refractivity contribution in [3.05, 3.63) is 35.8 Å². The maximum Gasteiger partial charge on any atom is 0.325 e. The number of para-hydroxylation sites is 1. The van der Waals surface area contributed by atoms with Crippen LogP contribution in [-0.4, -0.2) is 15.6 Å². The van der Waals surface area contributed by atoms with Gasteiger partial charge in [-0.2, -0.15) is 0 Å². The summed E-state index contributed by atoms with van der Waals surface area (Å²) in [7, 11) is 0. The number of fused-ring (bicyclic) bond motifs is 1. The first-order chi connectivity index (χ1) is 8.43. The molecule has 0 radical (unpaired) electrons. The SMILES string of the molecule is CC(C)n1cc(C(N)C(=O)O)c2cccc(F)c21. The lowest BCUT2D eigenvalue weighted by Crippen LogP contribution is -2.20. The molecule has 4 nitrogen and oxygen atoms in total. The Hall–Kier alpha value is -1.88. The van der Waals surface area contributed by atoms with Crippen molar-refractivity contribution in [3.63, 3.8) is 0 Å². The molecule has 0 saturated carbocycles. The van der Waals surface area contributed by atoms with E-state index < -0.39 is 12.0 Å². The van der Waals surface area contributed by atoms with E-state index >= 15 is 0 Å². The van der Waals surface area contributed by atoms with Crippen molar-refractivity contribution in [2.24, 2.45) is 5.73 Å². The monoisotopic (exact) mass is 250 g/mol. The maximum absolute atomic E-state index is 13.9. The van der Waals surface area contributed by atoms with Crippen LogP contribution in [-0.2, 0) is 4.79 Å². The van der Waals surface area contributed by atoms with E-state index in [1.165, 1.54) is 6.07 Å². The van der Waals surface area contributed by atoms with Gasteiger partial charge in [0.2, 0.25) is 0 Å². The lowest BCUT2D eigenvalue weighted by molar-refractivity contribution is -0.138. The minimum atomic E-state index is -1.14. The van der Waals surface area contributed by atoms with Crippen LogP contribution in [0.4, 0.5) is 4.39 Å². The molecule has 0 fully saturated rings. The number of rotatable bonds is 3. The molecule has 5 heteroatoms. The van der Waals surface area contributed by atoms with Crippen LogP contribution in [0.25, 0.3) is 10.9 Å². The fourth-order valence-electron chi connectivity index (χ4n) is 2.08. The van der Waals surface area contributed by atoms with Gasteiger partial charge in [-0.1, -0.05) is 12.1 Å². The Morgan fingerprint density at radius 1 is 1.44 bits per heavy atom. The van der Waals surface area contributed by atoms with Gasteiger partial charge in [-0.3, -0.25) is 4.79 Å². The Bertz CT molecular complexity index is 604. The first kappa shape index (κ1) is 12.6. The molecule has 0 saturated heterocycles. The second kappa shape index (κ2) is 4.42. The molecular formula is C13H15FN2O2. The van der Waals surface area contributed by atoms with Crippen molar-refractivity contribution in [1.29, 1.82) is 0 Å². The second-order valence-corrected chi connectivity index (χ2v) is 4.54. The summed E-state index contributed by atoms with van der Waals surface area (Å²) < 4.78 is 15.6. The normalized spacial score (nSPS) is 13.2. The van der Waals surface area contributed by atoms with Crippen molar-refractivity contribution < 1.29 is 14.3 Å². The number of aliphatic carboxylic acids is 1. The third-order valence-electron chi connectivity index (χ3n) is 2.99. The Morgan fingerprint density at radius 3 is 2.67 bits per heavy atom. The number of aromatic nitrogens is 1. The largest absolute Gasteiger partial charge is 0.480 e. The number of carboxylic acids is 1. The first-order valence-corrected chi connectivity index (χ1v) is 5.70. The molecule has 3 N–H and O–H groups in total. The maximum atomic E-state index is 13.9. The van der Waals surface area contributed by atoms with E-state index in [9.17, 15) is 9.18 Å². The minimum Gasteiger partial charge on any atom is -0.480 e. The molecule has 0 spiro atoms. The second-order valence-electron chi connectivity index (χ2n) is 4.54. The fourth-order valence-corrected chi connectivity index (χ4v) is 2.08. The highest BCUT2D eigenvalue weighted by molar-refractivity contribution is 5.90. The van der Waals surface area contributed by atoms with Gasteiger partial charge in [-0.05, 0) is 19.9 Å². The van der Waals surface area contributed by atoms with E-state index in [2.05, 4.69) is 0 Å². The predicted molar refractivity (Wildman–Crippen MR) is 66.8 cm³/mol. The molecule has 18 heavy (non-hydrogen) atoms. The number of nitrogens with zero attached hydrogens (tertiary/aromatic N) is 1. The van der Waals surface area contributed by atoms with E-state index in [-0.39, 0.29) is 11.9 Å². The Labute approximate surface area is 104 Å². The molecule has 1 aromatic carbocycles. The highest BCUT2D eigenvalue weighted by atomic mass is 19.1. The van der Waals surface area contributed by atoms with Gasteiger partial charge in [-0.15, -0.1) is 0 Å². The van der Waals surface area contributed by atoms with Crippen molar-refractivity contribution >= 4 is 16.9 Å². The van der Waals surface area contributed by atoms with Crippen LogP contribution in [0.5, 0.6) is 0 Å². The van der Waals surface area contributed by atoms with E-state index in [1.807, 2.05) is 13.8 Å². The summed E-state index contributed by atoms with van der Waals surface area (Å²) in [6.45, 7) is 3.81. The molecule has 2 rings (SSSR count). The molecule has 96 valence electrons. The van der Waals surface area contributed by atoms with Gasteiger partial charge in [0.25, 0.3) is 0 Å². The molecule has 1 aromatic heterocycles. The quantitative estimate of drug-likeness (QED) is 0.879. The van der Waals surface area contributed by atoms with Crippen LogP contribution < -0.4 is 5.73 Å². The summed E-state index contributed by atoms with van der Waals surface area (Å²) in [5.74, 6) is -1.49. The molecule has 0 amide bonds. The van der Waals surface area contributed by atoms with Gasteiger partial charge in [0, 0.05) is 23.2 Å². The third kappa shape index (κ3) is 1.86. The Morgan fingerprint density at radius 2 is 2.11 bits per heavy atom. The van der Waals surface area contributed by atoms with Gasteiger partial charge in [0.15, 0.2) is 0 Å². The topological polar surface area (TPSA) is 68.2 Å². The van der Waals surface area contributed by atoms with Crippen LogP contribution in [0.15, 0.2) is 24.4 Å². The van der Waals surface area contributed by atoms with Crippen LogP contribution in [0, 0.1) is 5.82 Å². The number of hydrogen-bond acceptors (Lipinski definition) is 2. The van der Waals surface area contributed by atoms with Gasteiger partial charge < -0.3 is 15.4 Å². The summed E-state index contributed by atoms with van der Waals surface area (Å²) in [5.41, 5.74) is 6.47. The first-order valence-electron chi connectivity index (χ1n) is 5.70. The average Bonchev–Trinajstić information content (AvgIpc) is 2.69. The third-order valence-corrected chi connectivity index (χ3v) is 2.99. The van der Waals surface area contributed by atoms with E-state index in [0.29, 0.717) is 16.5 Å². The van der Waals surface area contributed by atoms with Crippen molar-refractivity contribution in [2.75, 3.05) is 0 Å². The van der Waals surface area contributed by atoms with Crippen LogP contribution >= 0.6 is 0 Å². The standard InChI is InChI=1S/C13H15FN2O2/c1-7(2)16-6-9(11(15)13(17)18)8-4-3-5-10(14)12(8)16/h3-7,11H,15H2,1-2H3,(H,17,18). The number of carboxylic acid groups (broad SMARTS) is 1. The number of halogens is 1. The van der Waals surface area contributed by atoms with Crippen molar-refractivity contribution in [3.8, 4) is 0 Å². The number of nitrogens with two attached hydrogens (primary N) is 1. The minimum absolute atomic E-state index is 0.0270. The van der Waals surface area contributed by atoms with E-state index in [0.717, 1.165) is 0 Å². The molecule has 1 unspecified atom stereocenters. The predicted octanol–water partition coefficient (Wildman–Crippen LogP) is 2.45. The summed E-state index contributed by atoms with van der Waals surface area (Å²) >= 11 is 0. The summed E-state index contributed by atoms with van der Waals surface area (Å²) in [5, 5.41) is 9.54. The zero-order chi connectivity index (χ0) is 13.4. The van der Waals surface area contributed by atoms with Gasteiger partial charge in [0.05, 0.1) is 5.52 Å². The number of carbonyl (C=O) groups is 1. The van der Waals surface area contributed by atoms with Gasteiger partial charge in [0.1, 0.15) is 11.9 Å². The lowest BCUT2D eigenvalue weighted by Gasteiger charge is -2.09. The van der Waals surface area contributed by atoms with Crippen molar-refractivity contribution in [2.45, 2.75) is 25.9 Å². The molecular weight excluding hydrogens is 235 g/mol. The highest BCUT2D eigenvalue weighted by Gasteiger charge is 2.22. The highest BCUT2D eigenvalue weighted by Crippen LogP contribution is 2.30. The summed E-state index contributed by atoms with van der Waals surface area (Å²) in [6.07, 6.45) is 1.62. The lowest BCUT2D eigenvalue weighted by atomic mass is 10.1. The van der Waals surface area contributed by atoms with E-state index in [4.69, 9.17) is 10.8 Å². The van der Waals surface area contributed by atoms with Crippen molar-refractivity contribution in [1.82, 2.24) is 4.57 Å². The average molecular weight is 250 g/mol.